The third-order valence-electron chi connectivity index (χ3n) is 4.24. The molecule has 0 saturated carbocycles. The molecule has 9 heteroatoms. The summed E-state index contributed by atoms with van der Waals surface area (Å²) >= 11 is 0. The normalized spacial score (nSPS) is 17.1. The fraction of sp³-hybridized carbons (Fsp3) is 0.600. The Morgan fingerprint density at radius 3 is 3.04 bits per heavy atom. The molecule has 8 nitrogen and oxygen atoms in total. The van der Waals surface area contributed by atoms with Crippen LogP contribution in [-0.4, -0.2) is 51.4 Å². The Labute approximate surface area is 158 Å². The van der Waals surface area contributed by atoms with E-state index in [2.05, 4.69) is 30.2 Å². The Hall–Kier alpha value is -1.65. The third-order valence-corrected chi connectivity index (χ3v) is 4.24. The number of aryl methyl sites for hydroxylation is 2. The lowest BCUT2D eigenvalue weighted by Crippen LogP contribution is -2.42. The van der Waals surface area contributed by atoms with Crippen molar-refractivity contribution in [3.8, 4) is 0 Å². The minimum Gasteiger partial charge on any atom is -0.364 e. The van der Waals surface area contributed by atoms with Gasteiger partial charge in [-0.05, 0) is 19.3 Å². The van der Waals surface area contributed by atoms with E-state index >= 15 is 0 Å². The van der Waals surface area contributed by atoms with E-state index in [1.165, 1.54) is 0 Å². The lowest BCUT2D eigenvalue weighted by atomic mass is 9.99. The second-order valence-electron chi connectivity index (χ2n) is 5.95. The highest BCUT2D eigenvalue weighted by Crippen LogP contribution is 2.19. The van der Waals surface area contributed by atoms with Gasteiger partial charge in [-0.3, -0.25) is 4.99 Å². The van der Waals surface area contributed by atoms with Gasteiger partial charge < -0.3 is 19.3 Å². The topological polar surface area (TPSA) is 84.4 Å². The van der Waals surface area contributed by atoms with Crippen molar-refractivity contribution in [1.29, 1.82) is 0 Å². The van der Waals surface area contributed by atoms with Crippen molar-refractivity contribution in [2.24, 2.45) is 10.9 Å². The third kappa shape index (κ3) is 4.25. The minimum atomic E-state index is 0. The maximum absolute atomic E-state index is 4.87. The van der Waals surface area contributed by atoms with Gasteiger partial charge in [0.05, 0.1) is 6.54 Å². The summed E-state index contributed by atoms with van der Waals surface area (Å²) in [5.41, 5.74) is 0.887. The second kappa shape index (κ2) is 8.45. The summed E-state index contributed by atoms with van der Waals surface area (Å²) in [5, 5.41) is 15.8. The molecule has 3 rings (SSSR count). The van der Waals surface area contributed by atoms with Crippen molar-refractivity contribution in [1.82, 2.24) is 30.1 Å². The Balaban J connectivity index is 0.00000208. The summed E-state index contributed by atoms with van der Waals surface area (Å²) in [5.74, 6) is 3.51. The van der Waals surface area contributed by atoms with E-state index in [4.69, 9.17) is 4.52 Å². The van der Waals surface area contributed by atoms with Gasteiger partial charge in [0.2, 0.25) is 0 Å². The number of aromatic nitrogens is 4. The van der Waals surface area contributed by atoms with Gasteiger partial charge in [0.15, 0.2) is 5.96 Å². The van der Waals surface area contributed by atoms with Crippen LogP contribution in [0.4, 0.5) is 0 Å². The molecular formula is C15H24IN7O. The summed E-state index contributed by atoms with van der Waals surface area (Å²) in [7, 11) is 3.79. The summed E-state index contributed by atoms with van der Waals surface area (Å²) < 4.78 is 7.09. The molecule has 2 aromatic heterocycles. The van der Waals surface area contributed by atoms with E-state index in [1.54, 1.807) is 13.3 Å². The van der Waals surface area contributed by atoms with Crippen molar-refractivity contribution >= 4 is 29.9 Å². The molecule has 1 atom stereocenters. The van der Waals surface area contributed by atoms with E-state index < -0.39 is 0 Å². The van der Waals surface area contributed by atoms with Gasteiger partial charge in [-0.1, -0.05) is 5.16 Å². The lowest BCUT2D eigenvalue weighted by Gasteiger charge is -2.27. The highest BCUT2D eigenvalue weighted by molar-refractivity contribution is 14.0. The van der Waals surface area contributed by atoms with Crippen LogP contribution in [0.15, 0.2) is 21.8 Å². The zero-order valence-corrected chi connectivity index (χ0v) is 16.6. The summed E-state index contributed by atoms with van der Waals surface area (Å²) in [6.45, 7) is 4.52. The molecule has 24 heavy (non-hydrogen) atoms. The molecule has 1 N–H and O–H groups in total. The summed E-state index contributed by atoms with van der Waals surface area (Å²) in [4.78, 5) is 6.38. The predicted molar refractivity (Wildman–Crippen MR) is 101 cm³/mol. The SMILES string of the molecule is CN=C(NCC1CCc2nnc(C)n2C1)N(C)Cc1ccon1.I. The first-order chi connectivity index (χ1) is 11.2. The Morgan fingerprint density at radius 2 is 2.33 bits per heavy atom. The van der Waals surface area contributed by atoms with Crippen LogP contribution < -0.4 is 5.32 Å². The molecule has 2 aromatic rings. The van der Waals surface area contributed by atoms with Crippen LogP contribution in [0.2, 0.25) is 0 Å². The highest BCUT2D eigenvalue weighted by Gasteiger charge is 2.22. The van der Waals surface area contributed by atoms with Crippen LogP contribution in [0.25, 0.3) is 0 Å². The quantitative estimate of drug-likeness (QED) is 0.436. The van der Waals surface area contributed by atoms with Crippen molar-refractivity contribution in [2.45, 2.75) is 32.9 Å². The Morgan fingerprint density at radius 1 is 1.50 bits per heavy atom. The standard InChI is InChI=1S/C15H23N7O.HI/c1-11-18-19-14-5-4-12(9-22(11)14)8-17-15(16-2)21(3)10-13-6-7-23-20-13;/h6-7,12H,4-5,8-10H2,1-3H3,(H,16,17);1H. The van der Waals surface area contributed by atoms with Gasteiger partial charge in [-0.15, -0.1) is 34.2 Å². The molecule has 0 bridgehead atoms. The number of fused-ring (bicyclic) bond motifs is 1. The molecule has 0 aromatic carbocycles. The van der Waals surface area contributed by atoms with Crippen molar-refractivity contribution in [3.63, 3.8) is 0 Å². The number of hydrogen-bond acceptors (Lipinski definition) is 5. The Bertz CT molecular complexity index is 667. The van der Waals surface area contributed by atoms with Crippen LogP contribution >= 0.6 is 24.0 Å². The largest absolute Gasteiger partial charge is 0.364 e. The van der Waals surface area contributed by atoms with Gasteiger partial charge in [-0.2, -0.15) is 0 Å². The Kier molecular flexibility index (Phi) is 6.58. The van der Waals surface area contributed by atoms with Crippen LogP contribution in [-0.2, 0) is 19.5 Å². The molecule has 1 aliphatic rings. The molecular weight excluding hydrogens is 421 g/mol. The fourth-order valence-electron chi connectivity index (χ4n) is 2.95. The van der Waals surface area contributed by atoms with Crippen molar-refractivity contribution in [2.75, 3.05) is 20.6 Å². The van der Waals surface area contributed by atoms with E-state index in [1.807, 2.05) is 24.9 Å². The molecule has 0 fully saturated rings. The average molecular weight is 445 g/mol. The fourth-order valence-corrected chi connectivity index (χ4v) is 2.95. The molecule has 0 saturated heterocycles. The number of nitrogens with one attached hydrogen (secondary N) is 1. The van der Waals surface area contributed by atoms with E-state index in [0.29, 0.717) is 12.5 Å². The van der Waals surface area contributed by atoms with E-state index in [9.17, 15) is 0 Å². The number of nitrogens with zero attached hydrogens (tertiary/aromatic N) is 6. The van der Waals surface area contributed by atoms with Crippen LogP contribution in [0, 0.1) is 12.8 Å². The lowest BCUT2D eigenvalue weighted by molar-refractivity contribution is 0.350. The molecule has 1 aliphatic heterocycles. The maximum Gasteiger partial charge on any atom is 0.193 e. The van der Waals surface area contributed by atoms with Crippen LogP contribution in [0.3, 0.4) is 0 Å². The van der Waals surface area contributed by atoms with Gasteiger partial charge in [0.1, 0.15) is 23.6 Å². The predicted octanol–water partition coefficient (Wildman–Crippen LogP) is 1.46. The molecule has 132 valence electrons. The first-order valence-corrected chi connectivity index (χ1v) is 7.87. The van der Waals surface area contributed by atoms with Gasteiger partial charge in [0.25, 0.3) is 0 Å². The van der Waals surface area contributed by atoms with Crippen LogP contribution in [0.5, 0.6) is 0 Å². The molecule has 1 unspecified atom stereocenters. The van der Waals surface area contributed by atoms with Gasteiger partial charge >= 0.3 is 0 Å². The summed E-state index contributed by atoms with van der Waals surface area (Å²) in [6.07, 6.45) is 3.69. The maximum atomic E-state index is 4.87. The minimum absolute atomic E-state index is 0. The number of halogens is 1. The average Bonchev–Trinajstić information content (AvgIpc) is 3.18. The van der Waals surface area contributed by atoms with E-state index in [-0.39, 0.29) is 24.0 Å². The highest BCUT2D eigenvalue weighted by atomic mass is 127. The molecule has 0 aliphatic carbocycles. The first kappa shape index (κ1) is 18.7. The summed E-state index contributed by atoms with van der Waals surface area (Å²) in [6, 6.07) is 1.86. The number of guanidine groups is 1. The van der Waals surface area contributed by atoms with Gasteiger partial charge in [0, 0.05) is 39.7 Å². The van der Waals surface area contributed by atoms with E-state index in [0.717, 1.165) is 49.2 Å². The van der Waals surface area contributed by atoms with Crippen molar-refractivity contribution in [3.05, 3.63) is 29.7 Å². The second-order valence-corrected chi connectivity index (χ2v) is 5.95. The molecule has 3 heterocycles. The van der Waals surface area contributed by atoms with Crippen LogP contribution in [0.1, 0.15) is 23.8 Å². The van der Waals surface area contributed by atoms with Crippen molar-refractivity contribution < 1.29 is 4.52 Å². The number of rotatable bonds is 4. The zero-order chi connectivity index (χ0) is 16.2. The first-order valence-electron chi connectivity index (χ1n) is 7.87. The zero-order valence-electron chi connectivity index (χ0n) is 14.3. The molecule has 0 spiro atoms. The monoisotopic (exact) mass is 445 g/mol. The smallest absolute Gasteiger partial charge is 0.193 e. The molecule has 0 radical (unpaired) electrons. The van der Waals surface area contributed by atoms with Gasteiger partial charge in [-0.25, -0.2) is 0 Å². The molecule has 0 amide bonds. The number of hydrogen-bond donors (Lipinski definition) is 1. The number of aliphatic imine (C=N–C) groups is 1.